The summed E-state index contributed by atoms with van der Waals surface area (Å²) in [6, 6.07) is 11.9. The summed E-state index contributed by atoms with van der Waals surface area (Å²) < 4.78 is 11.1. The quantitative estimate of drug-likeness (QED) is 0.342. The van der Waals surface area contributed by atoms with E-state index in [0.29, 0.717) is 34.5 Å². The molecule has 5 nitrogen and oxygen atoms in total. The van der Waals surface area contributed by atoms with Crippen molar-refractivity contribution in [2.24, 2.45) is 0 Å². The maximum Gasteiger partial charge on any atom is 0.305 e. The minimum absolute atomic E-state index is 0.142. The Balaban J connectivity index is 1.77. The molecule has 2 aromatic carbocycles. The number of rotatable bonds is 8. The van der Waals surface area contributed by atoms with Gasteiger partial charge in [-0.15, -0.1) is 0 Å². The van der Waals surface area contributed by atoms with Gasteiger partial charge in [-0.2, -0.15) is 0 Å². The first-order valence-corrected chi connectivity index (χ1v) is 10.7. The Labute approximate surface area is 180 Å². The van der Waals surface area contributed by atoms with E-state index >= 15 is 0 Å². The van der Waals surface area contributed by atoms with Gasteiger partial charge in [0, 0.05) is 18.5 Å². The third-order valence-corrected chi connectivity index (χ3v) is 5.91. The van der Waals surface area contributed by atoms with Crippen LogP contribution in [0.15, 0.2) is 41.3 Å². The number of thiocarbonyl (C=S) groups is 1. The van der Waals surface area contributed by atoms with Gasteiger partial charge >= 0.3 is 5.97 Å². The van der Waals surface area contributed by atoms with Crippen LogP contribution < -0.4 is 4.74 Å². The molecule has 152 valence electrons. The molecule has 1 aliphatic heterocycles. The zero-order chi connectivity index (χ0) is 20.8. The standard InChI is InChI=1S/C22H23NO4S2/c1-3-13-27-20(24)9-6-12-23-21(25)19(29-22(23)28)14-17-16-8-5-4-7-15(16)10-11-18(17)26-2/h4-5,7-8,10-11,14H,3,6,9,12-13H2,1-2H3/b19-14+. The molecule has 0 aromatic heterocycles. The van der Waals surface area contributed by atoms with E-state index in [-0.39, 0.29) is 18.3 Å². The Morgan fingerprint density at radius 1 is 1.24 bits per heavy atom. The molecule has 0 radical (unpaired) electrons. The van der Waals surface area contributed by atoms with Gasteiger partial charge in [0.2, 0.25) is 0 Å². The lowest BCUT2D eigenvalue weighted by molar-refractivity contribution is -0.144. The Bertz CT molecular complexity index is 970. The molecule has 1 saturated heterocycles. The van der Waals surface area contributed by atoms with Crippen LogP contribution in [0, 0.1) is 0 Å². The van der Waals surface area contributed by atoms with Crippen LogP contribution in [-0.2, 0) is 14.3 Å². The molecule has 0 N–H and O–H groups in total. The van der Waals surface area contributed by atoms with Crippen LogP contribution in [-0.4, -0.2) is 41.4 Å². The van der Waals surface area contributed by atoms with Gasteiger partial charge in [-0.05, 0) is 35.8 Å². The summed E-state index contributed by atoms with van der Waals surface area (Å²) in [5.74, 6) is 0.317. The predicted molar refractivity (Wildman–Crippen MR) is 121 cm³/mol. The number of amides is 1. The van der Waals surface area contributed by atoms with Gasteiger partial charge in [-0.3, -0.25) is 14.5 Å². The SMILES string of the molecule is CCCOC(=O)CCCN1C(=O)/C(=C\c2c(OC)ccc3ccccc23)SC1=S. The van der Waals surface area contributed by atoms with Crippen molar-refractivity contribution in [2.45, 2.75) is 26.2 Å². The van der Waals surface area contributed by atoms with E-state index in [1.807, 2.05) is 49.4 Å². The summed E-state index contributed by atoms with van der Waals surface area (Å²) in [6.07, 6.45) is 3.42. The van der Waals surface area contributed by atoms with E-state index < -0.39 is 0 Å². The van der Waals surface area contributed by atoms with E-state index in [9.17, 15) is 9.59 Å². The highest BCUT2D eigenvalue weighted by Crippen LogP contribution is 2.37. The first kappa shape index (κ1) is 21.3. The molecule has 0 unspecified atom stereocenters. The van der Waals surface area contributed by atoms with Gasteiger partial charge in [-0.25, -0.2) is 0 Å². The van der Waals surface area contributed by atoms with Gasteiger partial charge in [0.25, 0.3) is 5.91 Å². The first-order chi connectivity index (χ1) is 14.0. The number of carbonyl (C=O) groups excluding carboxylic acids is 2. The molecule has 29 heavy (non-hydrogen) atoms. The fourth-order valence-electron chi connectivity index (χ4n) is 3.10. The number of thioether (sulfide) groups is 1. The highest BCUT2D eigenvalue weighted by molar-refractivity contribution is 8.26. The molecule has 3 rings (SSSR count). The smallest absolute Gasteiger partial charge is 0.305 e. The second-order valence-electron chi connectivity index (χ2n) is 6.56. The maximum absolute atomic E-state index is 12.9. The summed E-state index contributed by atoms with van der Waals surface area (Å²) in [4.78, 5) is 26.7. The van der Waals surface area contributed by atoms with Crippen molar-refractivity contribution in [1.29, 1.82) is 0 Å². The fraction of sp³-hybridized carbons (Fsp3) is 0.318. The van der Waals surface area contributed by atoms with Crippen LogP contribution >= 0.6 is 24.0 Å². The summed E-state index contributed by atoms with van der Waals surface area (Å²) >= 11 is 6.67. The lowest BCUT2D eigenvalue weighted by atomic mass is 10.0. The molecule has 0 bridgehead atoms. The highest BCUT2D eigenvalue weighted by Gasteiger charge is 2.32. The molecule has 0 atom stereocenters. The van der Waals surface area contributed by atoms with Crippen molar-refractivity contribution in [3.8, 4) is 5.75 Å². The number of benzene rings is 2. The van der Waals surface area contributed by atoms with Gasteiger partial charge in [0.1, 0.15) is 10.1 Å². The number of carbonyl (C=O) groups is 2. The third-order valence-electron chi connectivity index (χ3n) is 4.53. The Morgan fingerprint density at radius 3 is 2.79 bits per heavy atom. The van der Waals surface area contributed by atoms with Crippen molar-refractivity contribution in [3.05, 3.63) is 46.9 Å². The molecule has 7 heteroatoms. The number of methoxy groups -OCH3 is 1. The summed E-state index contributed by atoms with van der Waals surface area (Å²) in [7, 11) is 1.62. The molecule has 1 heterocycles. The number of hydrogen-bond acceptors (Lipinski definition) is 6. The van der Waals surface area contributed by atoms with E-state index in [4.69, 9.17) is 21.7 Å². The van der Waals surface area contributed by atoms with Crippen molar-refractivity contribution >= 4 is 57.0 Å². The average molecular weight is 430 g/mol. The predicted octanol–water partition coefficient (Wildman–Crippen LogP) is 4.78. The molecule has 1 aliphatic rings. The normalized spacial score (nSPS) is 15.4. The zero-order valence-corrected chi connectivity index (χ0v) is 18.1. The zero-order valence-electron chi connectivity index (χ0n) is 16.5. The third kappa shape index (κ3) is 4.97. The van der Waals surface area contributed by atoms with Gasteiger partial charge in [0.15, 0.2) is 0 Å². The Hall–Kier alpha value is -2.38. The van der Waals surface area contributed by atoms with Crippen molar-refractivity contribution in [3.63, 3.8) is 0 Å². The summed E-state index contributed by atoms with van der Waals surface area (Å²) in [5, 5.41) is 2.08. The van der Waals surface area contributed by atoms with E-state index in [1.54, 1.807) is 12.0 Å². The van der Waals surface area contributed by atoms with Gasteiger partial charge in [0.05, 0.1) is 18.6 Å². The van der Waals surface area contributed by atoms with Crippen LogP contribution in [0.2, 0.25) is 0 Å². The lowest BCUT2D eigenvalue weighted by Crippen LogP contribution is -2.29. The van der Waals surface area contributed by atoms with E-state index in [2.05, 4.69) is 0 Å². The van der Waals surface area contributed by atoms with Crippen LogP contribution in [0.5, 0.6) is 5.75 Å². The minimum atomic E-state index is -0.242. The lowest BCUT2D eigenvalue weighted by Gasteiger charge is -2.14. The second-order valence-corrected chi connectivity index (χ2v) is 8.24. The number of fused-ring (bicyclic) bond motifs is 1. The topological polar surface area (TPSA) is 55.8 Å². The largest absolute Gasteiger partial charge is 0.496 e. The van der Waals surface area contributed by atoms with Gasteiger partial charge in [-0.1, -0.05) is 61.2 Å². The van der Waals surface area contributed by atoms with Crippen molar-refractivity contribution < 1.29 is 19.1 Å². The number of hydrogen-bond donors (Lipinski definition) is 0. The highest BCUT2D eigenvalue weighted by atomic mass is 32.2. The van der Waals surface area contributed by atoms with Crippen LogP contribution in [0.1, 0.15) is 31.7 Å². The van der Waals surface area contributed by atoms with Crippen molar-refractivity contribution in [2.75, 3.05) is 20.3 Å². The molecular weight excluding hydrogens is 406 g/mol. The van der Waals surface area contributed by atoms with Gasteiger partial charge < -0.3 is 9.47 Å². The number of nitrogens with zero attached hydrogens (tertiary/aromatic N) is 1. The molecule has 0 spiro atoms. The number of ether oxygens (including phenoxy) is 2. The number of esters is 1. The minimum Gasteiger partial charge on any atom is -0.496 e. The van der Waals surface area contributed by atoms with E-state index in [1.165, 1.54) is 11.8 Å². The molecule has 1 fully saturated rings. The maximum atomic E-state index is 12.9. The molecule has 1 amide bonds. The second kappa shape index (κ2) is 9.89. The molecule has 0 saturated carbocycles. The summed E-state index contributed by atoms with van der Waals surface area (Å²) in [5.41, 5.74) is 0.856. The fourth-order valence-corrected chi connectivity index (χ4v) is 4.39. The molecule has 0 aliphatic carbocycles. The Morgan fingerprint density at radius 2 is 2.03 bits per heavy atom. The molecular formula is C22H23NO4S2. The average Bonchev–Trinajstić information content (AvgIpc) is 2.99. The van der Waals surface area contributed by atoms with Crippen molar-refractivity contribution in [1.82, 2.24) is 4.90 Å². The monoisotopic (exact) mass is 429 g/mol. The van der Waals surface area contributed by atoms with E-state index in [0.717, 1.165) is 22.8 Å². The molecule has 2 aromatic rings. The summed E-state index contributed by atoms with van der Waals surface area (Å²) in [6.45, 7) is 2.77. The first-order valence-electron chi connectivity index (χ1n) is 9.52. The van der Waals surface area contributed by atoms with Crippen LogP contribution in [0.3, 0.4) is 0 Å². The Kier molecular flexibility index (Phi) is 7.28. The van der Waals surface area contributed by atoms with Crippen LogP contribution in [0.4, 0.5) is 0 Å². The van der Waals surface area contributed by atoms with Crippen LogP contribution in [0.25, 0.3) is 16.8 Å².